The molecule has 2 heterocycles. The molecule has 0 aliphatic heterocycles. The molecule has 0 aliphatic rings. The molecule has 0 aliphatic carbocycles. The van der Waals surface area contributed by atoms with Crippen LogP contribution in [0.25, 0.3) is 0 Å². The maximum Gasteiger partial charge on any atom is 0.252 e. The first-order valence-corrected chi connectivity index (χ1v) is 7.49. The van der Waals surface area contributed by atoms with E-state index in [0.29, 0.717) is 5.69 Å². The minimum absolute atomic E-state index is 0.256. The van der Waals surface area contributed by atoms with E-state index in [1.165, 1.54) is 17.4 Å². The highest BCUT2D eigenvalue weighted by molar-refractivity contribution is 7.91. The van der Waals surface area contributed by atoms with Gasteiger partial charge in [-0.1, -0.05) is 0 Å². The van der Waals surface area contributed by atoms with Crippen molar-refractivity contribution in [3.05, 3.63) is 29.4 Å². The second kappa shape index (κ2) is 4.71. The molecule has 0 spiro atoms. The van der Waals surface area contributed by atoms with Crippen LogP contribution in [0.3, 0.4) is 0 Å². The largest absolute Gasteiger partial charge is 0.398 e. The van der Waals surface area contributed by atoms with Gasteiger partial charge < -0.3 is 5.73 Å². The Balaban J connectivity index is 2.20. The number of sulfonamides is 1. The Morgan fingerprint density at radius 1 is 1.56 bits per heavy atom. The fourth-order valence-corrected chi connectivity index (χ4v) is 3.96. The van der Waals surface area contributed by atoms with Gasteiger partial charge in [-0.15, -0.1) is 11.3 Å². The number of nitrogens with zero attached hydrogens (tertiary/aromatic N) is 3. The molecule has 2 aromatic rings. The number of rotatable bonds is 4. The van der Waals surface area contributed by atoms with Crippen molar-refractivity contribution in [2.75, 3.05) is 12.8 Å². The van der Waals surface area contributed by atoms with E-state index in [2.05, 4.69) is 5.10 Å². The Morgan fingerprint density at radius 3 is 2.78 bits per heavy atom. The molecule has 0 fully saturated rings. The van der Waals surface area contributed by atoms with Crippen molar-refractivity contribution in [1.82, 2.24) is 14.1 Å². The lowest BCUT2D eigenvalue weighted by molar-refractivity contribution is 0.468. The molecule has 98 valence electrons. The van der Waals surface area contributed by atoms with Crippen LogP contribution in [0.2, 0.25) is 0 Å². The van der Waals surface area contributed by atoms with Crippen molar-refractivity contribution in [3.63, 3.8) is 0 Å². The van der Waals surface area contributed by atoms with Crippen LogP contribution in [0, 0.1) is 0 Å². The van der Waals surface area contributed by atoms with Crippen LogP contribution in [0.4, 0.5) is 5.69 Å². The zero-order valence-electron chi connectivity index (χ0n) is 10.1. The molecule has 0 radical (unpaired) electrons. The summed E-state index contributed by atoms with van der Waals surface area (Å²) < 4.78 is 27.6. The van der Waals surface area contributed by atoms with Gasteiger partial charge >= 0.3 is 0 Å². The summed E-state index contributed by atoms with van der Waals surface area (Å²) in [6.07, 6.45) is 3.43. The molecule has 0 atom stereocenters. The normalized spacial score (nSPS) is 12.2. The van der Waals surface area contributed by atoms with Crippen LogP contribution in [0.1, 0.15) is 5.56 Å². The number of hydrogen-bond acceptors (Lipinski definition) is 5. The van der Waals surface area contributed by atoms with Gasteiger partial charge in [-0.05, 0) is 6.07 Å². The van der Waals surface area contributed by atoms with Crippen molar-refractivity contribution < 1.29 is 8.42 Å². The number of anilines is 1. The fraction of sp³-hybridized carbons (Fsp3) is 0.300. The molecule has 0 bridgehead atoms. The molecule has 18 heavy (non-hydrogen) atoms. The molecule has 0 saturated carbocycles. The van der Waals surface area contributed by atoms with Crippen LogP contribution < -0.4 is 5.73 Å². The Hall–Kier alpha value is -1.38. The lowest BCUT2D eigenvalue weighted by atomic mass is 10.4. The van der Waals surface area contributed by atoms with Gasteiger partial charge in [0.05, 0.1) is 6.20 Å². The van der Waals surface area contributed by atoms with Gasteiger partial charge in [0.1, 0.15) is 4.21 Å². The monoisotopic (exact) mass is 286 g/mol. The van der Waals surface area contributed by atoms with Gasteiger partial charge in [0.25, 0.3) is 10.0 Å². The predicted molar refractivity (Wildman–Crippen MR) is 70.6 cm³/mol. The molecule has 0 amide bonds. The van der Waals surface area contributed by atoms with Crippen LogP contribution >= 0.6 is 11.3 Å². The van der Waals surface area contributed by atoms with E-state index in [1.807, 2.05) is 0 Å². The third-order valence-corrected chi connectivity index (χ3v) is 5.66. The van der Waals surface area contributed by atoms with Crippen molar-refractivity contribution >= 4 is 27.0 Å². The average Bonchev–Trinajstić information content (AvgIpc) is 2.88. The molecular formula is C10H14N4O2S2. The third kappa shape index (κ3) is 2.55. The quantitative estimate of drug-likeness (QED) is 0.905. The first kappa shape index (κ1) is 13.1. The Morgan fingerprint density at radius 2 is 2.28 bits per heavy atom. The van der Waals surface area contributed by atoms with Crippen molar-refractivity contribution in [1.29, 1.82) is 0 Å². The maximum absolute atomic E-state index is 12.2. The van der Waals surface area contributed by atoms with E-state index in [0.717, 1.165) is 16.9 Å². The molecule has 2 N–H and O–H groups in total. The third-order valence-electron chi connectivity index (χ3n) is 2.42. The van der Waals surface area contributed by atoms with E-state index < -0.39 is 10.0 Å². The molecule has 0 saturated heterocycles. The molecule has 0 aromatic carbocycles. The molecule has 8 heteroatoms. The van der Waals surface area contributed by atoms with E-state index >= 15 is 0 Å². The molecular weight excluding hydrogens is 272 g/mol. The van der Waals surface area contributed by atoms with Gasteiger partial charge in [-0.2, -0.15) is 9.40 Å². The SMILES string of the molecule is CN(Cc1cnn(C)c1)S(=O)(=O)c1cc(N)cs1. The predicted octanol–water partition coefficient (Wildman–Crippen LogP) is 0.884. The highest BCUT2D eigenvalue weighted by Crippen LogP contribution is 2.25. The summed E-state index contributed by atoms with van der Waals surface area (Å²) in [5.74, 6) is 0. The number of nitrogen functional groups attached to an aromatic ring is 1. The second-order valence-corrected chi connectivity index (χ2v) is 7.17. The van der Waals surface area contributed by atoms with Crippen molar-refractivity contribution in [3.8, 4) is 0 Å². The summed E-state index contributed by atoms with van der Waals surface area (Å²) in [5, 5.41) is 5.62. The minimum Gasteiger partial charge on any atom is -0.398 e. The fourth-order valence-electron chi connectivity index (χ4n) is 1.51. The average molecular weight is 286 g/mol. The van der Waals surface area contributed by atoms with Gasteiger partial charge in [0, 0.05) is 43.5 Å². The summed E-state index contributed by atoms with van der Waals surface area (Å²) in [6.45, 7) is 0.286. The first-order chi connectivity index (χ1) is 8.39. The summed E-state index contributed by atoms with van der Waals surface area (Å²) >= 11 is 1.13. The van der Waals surface area contributed by atoms with Crippen molar-refractivity contribution in [2.45, 2.75) is 10.8 Å². The number of nitrogens with two attached hydrogens (primary N) is 1. The summed E-state index contributed by atoms with van der Waals surface area (Å²) in [6, 6.07) is 1.47. The van der Waals surface area contributed by atoms with Crippen LogP contribution in [-0.4, -0.2) is 29.6 Å². The topological polar surface area (TPSA) is 81.2 Å². The zero-order valence-corrected chi connectivity index (χ0v) is 11.7. The number of hydrogen-bond donors (Lipinski definition) is 1. The standard InChI is InChI=1S/C10H14N4O2S2/c1-13-5-8(4-12-13)6-14(2)18(15,16)10-3-9(11)7-17-10/h3-5,7H,6,11H2,1-2H3. The van der Waals surface area contributed by atoms with E-state index in [4.69, 9.17) is 5.73 Å². The Bertz CT molecular complexity index is 644. The van der Waals surface area contributed by atoms with Gasteiger partial charge in [-0.3, -0.25) is 4.68 Å². The van der Waals surface area contributed by atoms with Crippen molar-refractivity contribution in [2.24, 2.45) is 7.05 Å². The van der Waals surface area contributed by atoms with E-state index in [-0.39, 0.29) is 10.8 Å². The summed E-state index contributed by atoms with van der Waals surface area (Å²) in [5.41, 5.74) is 6.85. The lowest BCUT2D eigenvalue weighted by Gasteiger charge is -2.14. The van der Waals surface area contributed by atoms with Crippen LogP contribution in [0.5, 0.6) is 0 Å². The minimum atomic E-state index is -3.47. The molecule has 0 unspecified atom stereocenters. The van der Waals surface area contributed by atoms with Crippen LogP contribution in [-0.2, 0) is 23.6 Å². The molecule has 2 aromatic heterocycles. The number of aromatic nitrogens is 2. The second-order valence-electron chi connectivity index (χ2n) is 3.98. The smallest absolute Gasteiger partial charge is 0.252 e. The van der Waals surface area contributed by atoms with E-state index in [9.17, 15) is 8.42 Å². The van der Waals surface area contributed by atoms with Gasteiger partial charge in [-0.25, -0.2) is 8.42 Å². The summed E-state index contributed by atoms with van der Waals surface area (Å²) in [7, 11) is -0.143. The molecule has 6 nitrogen and oxygen atoms in total. The summed E-state index contributed by atoms with van der Waals surface area (Å²) in [4.78, 5) is 0. The molecule has 2 rings (SSSR count). The Labute approximate surface area is 110 Å². The highest BCUT2D eigenvalue weighted by Gasteiger charge is 2.22. The van der Waals surface area contributed by atoms with Crippen LogP contribution in [0.15, 0.2) is 28.0 Å². The lowest BCUT2D eigenvalue weighted by Crippen LogP contribution is -2.25. The maximum atomic E-state index is 12.2. The Kier molecular flexibility index (Phi) is 3.42. The van der Waals surface area contributed by atoms with Gasteiger partial charge in [0.2, 0.25) is 0 Å². The van der Waals surface area contributed by atoms with Gasteiger partial charge in [0.15, 0.2) is 0 Å². The zero-order chi connectivity index (χ0) is 13.3. The van der Waals surface area contributed by atoms with E-state index in [1.54, 1.807) is 29.5 Å². The highest BCUT2D eigenvalue weighted by atomic mass is 32.2. The number of aryl methyl sites for hydroxylation is 1. The number of thiophene rings is 1. The first-order valence-electron chi connectivity index (χ1n) is 5.17.